The summed E-state index contributed by atoms with van der Waals surface area (Å²) in [5.41, 5.74) is 2.08. The quantitative estimate of drug-likeness (QED) is 0.362. The van der Waals surface area contributed by atoms with Gasteiger partial charge in [-0.15, -0.1) is 16.4 Å². The Labute approximate surface area is 195 Å². The predicted octanol–water partition coefficient (Wildman–Crippen LogP) is 2.42. The zero-order valence-corrected chi connectivity index (χ0v) is 18.9. The first-order valence-electron chi connectivity index (χ1n) is 10.4. The molecule has 10 heteroatoms. The Morgan fingerprint density at radius 2 is 2.06 bits per heavy atom. The second-order valence-electron chi connectivity index (χ2n) is 7.31. The monoisotopic (exact) mass is 464 g/mol. The lowest BCUT2D eigenvalue weighted by atomic mass is 10.1. The van der Waals surface area contributed by atoms with Crippen molar-refractivity contribution in [2.24, 2.45) is 0 Å². The van der Waals surface area contributed by atoms with E-state index in [1.54, 1.807) is 41.2 Å². The topological polar surface area (TPSA) is 102 Å². The molecule has 4 aromatic rings. The molecular formula is C23H24N6O3S. The van der Waals surface area contributed by atoms with Crippen molar-refractivity contribution < 1.29 is 14.3 Å². The van der Waals surface area contributed by atoms with E-state index >= 15 is 0 Å². The van der Waals surface area contributed by atoms with Crippen molar-refractivity contribution in [2.75, 3.05) is 20.3 Å². The molecule has 0 spiro atoms. The van der Waals surface area contributed by atoms with Gasteiger partial charge in [0.15, 0.2) is 0 Å². The van der Waals surface area contributed by atoms with Crippen LogP contribution < -0.4 is 5.32 Å². The summed E-state index contributed by atoms with van der Waals surface area (Å²) in [5, 5.41) is 13.1. The lowest BCUT2D eigenvalue weighted by molar-refractivity contribution is -0.142. The number of benzene rings is 1. The third kappa shape index (κ3) is 5.41. The van der Waals surface area contributed by atoms with Crippen molar-refractivity contribution >= 4 is 34.2 Å². The number of hydrogen-bond donors (Lipinski definition) is 1. The number of methoxy groups -OCH3 is 1. The molecule has 0 saturated carbocycles. The Bertz CT molecular complexity index is 1200. The van der Waals surface area contributed by atoms with Crippen molar-refractivity contribution in [3.8, 4) is 0 Å². The van der Waals surface area contributed by atoms with Gasteiger partial charge in [-0.05, 0) is 29.6 Å². The average molecular weight is 465 g/mol. The minimum absolute atomic E-state index is 0.0476. The highest BCUT2D eigenvalue weighted by Gasteiger charge is 2.32. The van der Waals surface area contributed by atoms with E-state index in [9.17, 15) is 9.59 Å². The summed E-state index contributed by atoms with van der Waals surface area (Å²) < 4.78 is 6.62. The van der Waals surface area contributed by atoms with E-state index in [2.05, 4.69) is 20.6 Å². The molecule has 1 aromatic carbocycles. The minimum Gasteiger partial charge on any atom is -0.383 e. The van der Waals surface area contributed by atoms with Crippen molar-refractivity contribution in [3.05, 3.63) is 76.7 Å². The first-order valence-corrected chi connectivity index (χ1v) is 11.3. The summed E-state index contributed by atoms with van der Waals surface area (Å²) in [5.74, 6) is -0.553. The van der Waals surface area contributed by atoms with Crippen LogP contribution in [0.3, 0.4) is 0 Å². The molecule has 3 aromatic heterocycles. The van der Waals surface area contributed by atoms with Gasteiger partial charge >= 0.3 is 0 Å². The number of ether oxygens (including phenoxy) is 1. The molecular weight excluding hydrogens is 440 g/mol. The summed E-state index contributed by atoms with van der Waals surface area (Å²) in [7, 11) is 1.57. The van der Waals surface area contributed by atoms with Crippen LogP contribution >= 0.6 is 11.3 Å². The number of aromatic nitrogens is 4. The van der Waals surface area contributed by atoms with Crippen molar-refractivity contribution in [3.63, 3.8) is 0 Å². The maximum Gasteiger partial charge on any atom is 0.247 e. The van der Waals surface area contributed by atoms with Crippen molar-refractivity contribution in [1.82, 2.24) is 30.2 Å². The van der Waals surface area contributed by atoms with E-state index in [1.165, 1.54) is 11.3 Å². The van der Waals surface area contributed by atoms with Gasteiger partial charge < -0.3 is 15.0 Å². The molecule has 0 aliphatic heterocycles. The second kappa shape index (κ2) is 10.8. The number of carbonyl (C=O) groups excluding carboxylic acids is 2. The van der Waals surface area contributed by atoms with Gasteiger partial charge in [-0.1, -0.05) is 29.5 Å². The Hall–Kier alpha value is -3.63. The summed E-state index contributed by atoms with van der Waals surface area (Å²) in [6.07, 6.45) is 3.25. The number of nitrogens with one attached hydrogen (secondary N) is 1. The first-order chi connectivity index (χ1) is 16.2. The molecule has 0 aliphatic rings. The van der Waals surface area contributed by atoms with Gasteiger partial charge in [0, 0.05) is 36.5 Å². The first kappa shape index (κ1) is 22.6. The highest BCUT2D eigenvalue weighted by atomic mass is 32.1. The molecule has 33 heavy (non-hydrogen) atoms. The van der Waals surface area contributed by atoms with E-state index in [-0.39, 0.29) is 24.9 Å². The highest BCUT2D eigenvalue weighted by molar-refractivity contribution is 7.09. The molecule has 1 N–H and O–H groups in total. The van der Waals surface area contributed by atoms with Crippen LogP contribution in [-0.4, -0.2) is 57.0 Å². The summed E-state index contributed by atoms with van der Waals surface area (Å²) in [6, 6.07) is 14.0. The zero-order chi connectivity index (χ0) is 23.0. The molecule has 3 heterocycles. The Morgan fingerprint density at radius 3 is 2.82 bits per heavy atom. The van der Waals surface area contributed by atoms with E-state index in [4.69, 9.17) is 4.74 Å². The summed E-state index contributed by atoms with van der Waals surface area (Å²) in [4.78, 5) is 33.6. The number of fused-ring (bicyclic) bond motifs is 1. The van der Waals surface area contributed by atoms with Crippen LogP contribution in [0.1, 0.15) is 16.5 Å². The van der Waals surface area contributed by atoms with Crippen molar-refractivity contribution in [2.45, 2.75) is 19.1 Å². The zero-order valence-electron chi connectivity index (χ0n) is 18.1. The van der Waals surface area contributed by atoms with Crippen LogP contribution in [0.15, 0.2) is 66.3 Å². The minimum atomic E-state index is -0.861. The fraction of sp³-hybridized carbons (Fsp3) is 0.261. The third-order valence-corrected chi connectivity index (χ3v) is 5.96. The van der Waals surface area contributed by atoms with Gasteiger partial charge in [-0.3, -0.25) is 14.6 Å². The number of pyridine rings is 1. The van der Waals surface area contributed by atoms with Crippen LogP contribution in [0.5, 0.6) is 0 Å². The molecule has 1 atom stereocenters. The van der Waals surface area contributed by atoms with E-state index in [0.29, 0.717) is 24.2 Å². The fourth-order valence-electron chi connectivity index (χ4n) is 3.53. The van der Waals surface area contributed by atoms with Gasteiger partial charge in [-0.2, -0.15) is 0 Å². The molecule has 0 unspecified atom stereocenters. The van der Waals surface area contributed by atoms with E-state index in [1.807, 2.05) is 41.8 Å². The summed E-state index contributed by atoms with van der Waals surface area (Å²) >= 11 is 1.53. The molecule has 0 fully saturated rings. The standard InChI is InChI=1S/C23H24N6O3S/c1-32-12-11-25-23(31)22(17-6-4-10-24-14-17)28(15-18-7-5-13-33-18)21(30)16-29-20-9-3-2-8-19(20)26-27-29/h2-10,13-14,22H,11-12,15-16H2,1H3,(H,25,31)/t22-/m1/s1. The van der Waals surface area contributed by atoms with Gasteiger partial charge in [-0.25, -0.2) is 4.68 Å². The van der Waals surface area contributed by atoms with Gasteiger partial charge in [0.1, 0.15) is 18.1 Å². The Kier molecular flexibility index (Phi) is 7.38. The predicted molar refractivity (Wildman–Crippen MR) is 124 cm³/mol. The third-order valence-electron chi connectivity index (χ3n) is 5.10. The lowest BCUT2D eigenvalue weighted by Crippen LogP contribution is -2.45. The Morgan fingerprint density at radius 1 is 1.18 bits per heavy atom. The number of thiophene rings is 1. The number of rotatable bonds is 10. The molecule has 0 bridgehead atoms. The molecule has 0 saturated heterocycles. The van der Waals surface area contributed by atoms with Gasteiger partial charge in [0.05, 0.1) is 18.7 Å². The molecule has 4 rings (SSSR count). The van der Waals surface area contributed by atoms with Crippen molar-refractivity contribution in [1.29, 1.82) is 0 Å². The second-order valence-corrected chi connectivity index (χ2v) is 8.34. The molecule has 0 aliphatic carbocycles. The molecule has 2 amide bonds. The smallest absolute Gasteiger partial charge is 0.247 e. The van der Waals surface area contributed by atoms with Gasteiger partial charge in [0.25, 0.3) is 0 Å². The SMILES string of the molecule is COCCNC(=O)[C@@H](c1cccnc1)N(Cc1cccs1)C(=O)Cn1nnc2ccccc21. The molecule has 0 radical (unpaired) electrons. The number of hydrogen-bond acceptors (Lipinski definition) is 7. The number of para-hydroxylation sites is 1. The normalized spacial score (nSPS) is 11.9. The highest BCUT2D eigenvalue weighted by Crippen LogP contribution is 2.25. The maximum atomic E-state index is 13.6. The summed E-state index contributed by atoms with van der Waals surface area (Å²) in [6.45, 7) is 0.935. The van der Waals surface area contributed by atoms with Crippen LogP contribution in [0.2, 0.25) is 0 Å². The maximum absolute atomic E-state index is 13.6. The number of nitrogens with zero attached hydrogens (tertiary/aromatic N) is 5. The molecule has 9 nitrogen and oxygen atoms in total. The van der Waals surface area contributed by atoms with E-state index in [0.717, 1.165) is 10.4 Å². The number of amides is 2. The Balaban J connectivity index is 1.68. The van der Waals surface area contributed by atoms with Crippen LogP contribution in [0.4, 0.5) is 0 Å². The van der Waals surface area contributed by atoms with E-state index < -0.39 is 6.04 Å². The average Bonchev–Trinajstić information content (AvgIpc) is 3.50. The van der Waals surface area contributed by atoms with Crippen LogP contribution in [0, 0.1) is 0 Å². The fourth-order valence-corrected chi connectivity index (χ4v) is 4.23. The lowest BCUT2D eigenvalue weighted by Gasteiger charge is -2.31. The van der Waals surface area contributed by atoms with Crippen LogP contribution in [-0.2, 0) is 27.4 Å². The number of carbonyl (C=O) groups is 2. The molecule has 170 valence electrons. The largest absolute Gasteiger partial charge is 0.383 e. The van der Waals surface area contributed by atoms with Gasteiger partial charge in [0.2, 0.25) is 11.8 Å². The van der Waals surface area contributed by atoms with Crippen LogP contribution in [0.25, 0.3) is 11.0 Å².